The van der Waals surface area contributed by atoms with Crippen LogP contribution in [0.25, 0.3) is 0 Å². The van der Waals surface area contributed by atoms with Gasteiger partial charge in [-0.15, -0.1) is 0 Å². The Balaban J connectivity index is 3.06. The molecule has 1 rings (SSSR count). The van der Waals surface area contributed by atoms with E-state index in [-0.39, 0.29) is 62.6 Å². The van der Waals surface area contributed by atoms with Crippen LogP contribution in [0.5, 0.6) is 0 Å². The molecule has 0 aromatic carbocycles. The highest BCUT2D eigenvalue weighted by molar-refractivity contribution is 5.66. The van der Waals surface area contributed by atoms with Gasteiger partial charge in [0.05, 0.1) is 19.8 Å². The van der Waals surface area contributed by atoms with Gasteiger partial charge in [-0.1, -0.05) is 0 Å². The summed E-state index contributed by atoms with van der Waals surface area (Å²) in [7, 11) is 0. The Labute approximate surface area is 116 Å². The second-order valence-electron chi connectivity index (χ2n) is 3.68. The fourth-order valence-corrected chi connectivity index (χ4v) is 1.42. The van der Waals surface area contributed by atoms with Crippen molar-refractivity contribution in [3.63, 3.8) is 0 Å². The lowest BCUT2D eigenvalue weighted by Crippen LogP contribution is -2.16. The molecule has 0 fully saturated rings. The van der Waals surface area contributed by atoms with Crippen LogP contribution in [0.1, 0.15) is 5.56 Å². The standard InChI is InChI=1S/C11H18N6O3/c12-7-8-9(13-1-4-18)16-11(15-3-6-20)17-10(8)14-2-5-19/h18-20H,1-6H2,(H3,13,14,15,16,17). The highest BCUT2D eigenvalue weighted by atomic mass is 16.3. The summed E-state index contributed by atoms with van der Waals surface area (Å²) in [6.07, 6.45) is 0. The Bertz CT molecular complexity index is 433. The van der Waals surface area contributed by atoms with Crippen molar-refractivity contribution in [1.82, 2.24) is 9.97 Å². The van der Waals surface area contributed by atoms with Crippen LogP contribution < -0.4 is 16.0 Å². The van der Waals surface area contributed by atoms with Gasteiger partial charge in [0.15, 0.2) is 11.6 Å². The highest BCUT2D eigenvalue weighted by Crippen LogP contribution is 2.21. The topological polar surface area (TPSA) is 146 Å². The summed E-state index contributed by atoms with van der Waals surface area (Å²) in [5, 5.41) is 44.0. The van der Waals surface area contributed by atoms with Crippen LogP contribution in [-0.2, 0) is 0 Å². The Kier molecular flexibility index (Phi) is 7.05. The Morgan fingerprint density at radius 3 is 1.70 bits per heavy atom. The van der Waals surface area contributed by atoms with Gasteiger partial charge in [0.1, 0.15) is 11.6 Å². The quantitative estimate of drug-likeness (QED) is 0.320. The second kappa shape index (κ2) is 8.87. The average Bonchev–Trinajstić information content (AvgIpc) is 2.48. The highest BCUT2D eigenvalue weighted by Gasteiger charge is 2.13. The van der Waals surface area contributed by atoms with Crippen molar-refractivity contribution in [2.75, 3.05) is 55.4 Å². The number of aliphatic hydroxyl groups excluding tert-OH is 3. The zero-order chi connectivity index (χ0) is 14.8. The van der Waals surface area contributed by atoms with E-state index in [1.54, 1.807) is 0 Å². The Hall–Kier alpha value is -2.15. The van der Waals surface area contributed by atoms with Crippen molar-refractivity contribution in [3.8, 4) is 6.07 Å². The van der Waals surface area contributed by atoms with Gasteiger partial charge in [-0.05, 0) is 0 Å². The number of nitrogens with one attached hydrogen (secondary N) is 3. The molecule has 1 aromatic heterocycles. The minimum absolute atomic E-state index is 0.0812. The summed E-state index contributed by atoms with van der Waals surface area (Å²) in [6, 6.07) is 1.97. The summed E-state index contributed by atoms with van der Waals surface area (Å²) in [5.74, 6) is 0.786. The molecule has 1 aromatic rings. The number of nitrogens with zero attached hydrogens (tertiary/aromatic N) is 3. The normalized spacial score (nSPS) is 9.90. The first-order valence-corrected chi connectivity index (χ1v) is 6.13. The van der Waals surface area contributed by atoms with Gasteiger partial charge < -0.3 is 31.3 Å². The number of hydrogen-bond acceptors (Lipinski definition) is 9. The maximum absolute atomic E-state index is 9.17. The molecule has 0 atom stereocenters. The van der Waals surface area contributed by atoms with Crippen molar-refractivity contribution in [2.45, 2.75) is 0 Å². The molecule has 0 bridgehead atoms. The van der Waals surface area contributed by atoms with Crippen LogP contribution >= 0.6 is 0 Å². The third kappa shape index (κ3) is 4.51. The van der Waals surface area contributed by atoms with E-state index in [4.69, 9.17) is 20.6 Å². The first kappa shape index (κ1) is 15.9. The molecule has 110 valence electrons. The van der Waals surface area contributed by atoms with Gasteiger partial charge in [-0.3, -0.25) is 0 Å². The molecule has 9 nitrogen and oxygen atoms in total. The first-order chi connectivity index (χ1) is 9.76. The van der Waals surface area contributed by atoms with Gasteiger partial charge in [0.2, 0.25) is 5.95 Å². The number of aliphatic hydroxyl groups is 3. The molecule has 0 aliphatic carbocycles. The summed E-state index contributed by atoms with van der Waals surface area (Å²) in [6.45, 7) is 0.462. The van der Waals surface area contributed by atoms with Crippen molar-refractivity contribution in [2.24, 2.45) is 0 Å². The Morgan fingerprint density at radius 2 is 1.30 bits per heavy atom. The van der Waals surface area contributed by atoms with E-state index in [2.05, 4.69) is 25.9 Å². The van der Waals surface area contributed by atoms with Crippen molar-refractivity contribution in [3.05, 3.63) is 5.56 Å². The van der Waals surface area contributed by atoms with E-state index in [0.29, 0.717) is 0 Å². The van der Waals surface area contributed by atoms with Crippen LogP contribution in [-0.4, -0.2) is 64.7 Å². The summed E-state index contributed by atoms with van der Waals surface area (Å²) in [4.78, 5) is 8.21. The lowest BCUT2D eigenvalue weighted by atomic mass is 10.3. The van der Waals surface area contributed by atoms with E-state index in [9.17, 15) is 0 Å². The minimum Gasteiger partial charge on any atom is -0.395 e. The van der Waals surface area contributed by atoms with E-state index in [1.807, 2.05) is 6.07 Å². The van der Waals surface area contributed by atoms with Crippen LogP contribution in [0.2, 0.25) is 0 Å². The molecule has 0 aliphatic heterocycles. The Morgan fingerprint density at radius 1 is 0.850 bits per heavy atom. The fourth-order valence-electron chi connectivity index (χ4n) is 1.42. The molecular weight excluding hydrogens is 264 g/mol. The smallest absolute Gasteiger partial charge is 0.226 e. The average molecular weight is 282 g/mol. The number of anilines is 3. The van der Waals surface area contributed by atoms with Gasteiger partial charge in [-0.25, -0.2) is 0 Å². The fraction of sp³-hybridized carbons (Fsp3) is 0.545. The van der Waals surface area contributed by atoms with Gasteiger partial charge in [-0.2, -0.15) is 15.2 Å². The lowest BCUT2D eigenvalue weighted by molar-refractivity contribution is 0.311. The van der Waals surface area contributed by atoms with E-state index >= 15 is 0 Å². The monoisotopic (exact) mass is 282 g/mol. The number of hydrogen-bond donors (Lipinski definition) is 6. The van der Waals surface area contributed by atoms with Crippen molar-refractivity contribution < 1.29 is 15.3 Å². The van der Waals surface area contributed by atoms with E-state index in [1.165, 1.54) is 0 Å². The predicted molar refractivity (Wildman–Crippen MR) is 73.5 cm³/mol. The molecular formula is C11H18N6O3. The predicted octanol–water partition coefficient (Wildman–Crippen LogP) is -1.44. The molecule has 0 saturated heterocycles. The van der Waals surface area contributed by atoms with Crippen LogP contribution in [0.4, 0.5) is 17.6 Å². The molecule has 0 radical (unpaired) electrons. The van der Waals surface area contributed by atoms with Gasteiger partial charge >= 0.3 is 0 Å². The third-order valence-corrected chi connectivity index (χ3v) is 2.22. The molecule has 0 amide bonds. The molecule has 6 N–H and O–H groups in total. The van der Waals surface area contributed by atoms with Crippen LogP contribution in [0, 0.1) is 11.3 Å². The van der Waals surface area contributed by atoms with Gasteiger partial charge in [0, 0.05) is 19.6 Å². The van der Waals surface area contributed by atoms with Crippen LogP contribution in [0.15, 0.2) is 0 Å². The molecule has 0 aliphatic rings. The number of aromatic nitrogens is 2. The zero-order valence-corrected chi connectivity index (χ0v) is 10.9. The number of nitriles is 1. The van der Waals surface area contributed by atoms with Crippen LogP contribution in [0.3, 0.4) is 0 Å². The summed E-state index contributed by atoms with van der Waals surface area (Å²) < 4.78 is 0. The van der Waals surface area contributed by atoms with E-state index < -0.39 is 0 Å². The zero-order valence-electron chi connectivity index (χ0n) is 10.9. The largest absolute Gasteiger partial charge is 0.395 e. The third-order valence-electron chi connectivity index (χ3n) is 2.22. The van der Waals surface area contributed by atoms with Crippen molar-refractivity contribution >= 4 is 17.6 Å². The van der Waals surface area contributed by atoms with Crippen molar-refractivity contribution in [1.29, 1.82) is 5.26 Å². The first-order valence-electron chi connectivity index (χ1n) is 6.13. The molecule has 9 heteroatoms. The summed E-state index contributed by atoms with van der Waals surface area (Å²) >= 11 is 0. The lowest BCUT2D eigenvalue weighted by Gasteiger charge is -2.13. The molecule has 20 heavy (non-hydrogen) atoms. The minimum atomic E-state index is -0.103. The van der Waals surface area contributed by atoms with Gasteiger partial charge in [0.25, 0.3) is 0 Å². The van der Waals surface area contributed by atoms with E-state index in [0.717, 1.165) is 0 Å². The molecule has 0 saturated carbocycles. The number of rotatable bonds is 9. The maximum Gasteiger partial charge on any atom is 0.226 e. The second-order valence-corrected chi connectivity index (χ2v) is 3.68. The SMILES string of the molecule is N#Cc1c(NCCO)nc(NCCO)nc1NCCO. The molecule has 1 heterocycles. The summed E-state index contributed by atoms with van der Waals surface area (Å²) in [5.41, 5.74) is 0.196. The molecule has 0 unspecified atom stereocenters. The maximum atomic E-state index is 9.17. The molecule has 0 spiro atoms.